The molecule has 0 aliphatic carbocycles. The lowest BCUT2D eigenvalue weighted by atomic mass is 10.0. The van der Waals surface area contributed by atoms with Crippen molar-refractivity contribution in [1.29, 1.82) is 0 Å². The Kier molecular flexibility index (Phi) is 5.46. The number of ketones is 1. The van der Waals surface area contributed by atoms with Crippen molar-refractivity contribution in [2.45, 2.75) is 37.1 Å². The molecular weight excluding hydrogens is 351 g/mol. The molecule has 26 heavy (non-hydrogen) atoms. The van der Waals surface area contributed by atoms with Gasteiger partial charge in [0.05, 0.1) is 10.9 Å². The summed E-state index contributed by atoms with van der Waals surface area (Å²) < 4.78 is 14.6. The first-order valence-corrected chi connectivity index (χ1v) is 9.19. The maximum atomic E-state index is 13.0. The third-order valence-corrected chi connectivity index (χ3v) is 5.06. The van der Waals surface area contributed by atoms with Gasteiger partial charge in [-0.1, -0.05) is 37.7 Å². The number of nitrogens with zero attached hydrogens (tertiary/aromatic N) is 4. The molecule has 0 aliphatic heterocycles. The number of tetrazole rings is 1. The SMILES string of the molecule is CC(C)c1ccc(-n2nnnc2S[C@@H](C)C(=O)c2ccc(F)cc2)cc1. The molecule has 134 valence electrons. The van der Waals surface area contributed by atoms with Crippen LogP contribution in [0.5, 0.6) is 0 Å². The molecule has 5 nitrogen and oxygen atoms in total. The van der Waals surface area contributed by atoms with E-state index >= 15 is 0 Å². The number of carbonyl (C=O) groups is 1. The van der Waals surface area contributed by atoms with Gasteiger partial charge in [-0.05, 0) is 65.2 Å². The van der Waals surface area contributed by atoms with Crippen molar-refractivity contribution in [3.8, 4) is 5.69 Å². The molecule has 1 heterocycles. The van der Waals surface area contributed by atoms with Crippen LogP contribution >= 0.6 is 11.8 Å². The summed E-state index contributed by atoms with van der Waals surface area (Å²) in [6.07, 6.45) is 0. The quantitative estimate of drug-likeness (QED) is 0.478. The predicted octanol–water partition coefficient (Wildman–Crippen LogP) is 4.29. The largest absolute Gasteiger partial charge is 0.293 e. The third-order valence-electron chi connectivity index (χ3n) is 4.03. The number of carbonyl (C=O) groups excluding carboxylic acids is 1. The molecule has 3 aromatic rings. The van der Waals surface area contributed by atoms with Crippen molar-refractivity contribution in [1.82, 2.24) is 20.2 Å². The number of thioether (sulfide) groups is 1. The van der Waals surface area contributed by atoms with E-state index in [9.17, 15) is 9.18 Å². The van der Waals surface area contributed by atoms with Crippen molar-refractivity contribution in [3.05, 3.63) is 65.5 Å². The third kappa shape index (κ3) is 3.99. The summed E-state index contributed by atoms with van der Waals surface area (Å²) in [5.74, 6) is -0.0181. The Balaban J connectivity index is 1.78. The number of benzene rings is 2. The molecule has 3 rings (SSSR count). The van der Waals surface area contributed by atoms with Crippen LogP contribution in [0.15, 0.2) is 53.7 Å². The lowest BCUT2D eigenvalue weighted by Gasteiger charge is -2.11. The standard InChI is InChI=1S/C19H19FN4OS/c1-12(2)14-6-10-17(11-7-14)24-19(21-22-23-24)26-13(3)18(25)15-4-8-16(20)9-5-15/h4-13H,1-3H3/t13-/m0/s1. The average Bonchev–Trinajstić information content (AvgIpc) is 3.10. The van der Waals surface area contributed by atoms with Crippen LogP contribution in [0, 0.1) is 5.82 Å². The van der Waals surface area contributed by atoms with Crippen LogP contribution in [0.4, 0.5) is 4.39 Å². The summed E-state index contributed by atoms with van der Waals surface area (Å²) in [6, 6.07) is 13.6. The van der Waals surface area contributed by atoms with Gasteiger partial charge in [0.15, 0.2) is 5.78 Å². The van der Waals surface area contributed by atoms with Gasteiger partial charge >= 0.3 is 0 Å². The Hall–Kier alpha value is -2.54. The number of halogens is 1. The van der Waals surface area contributed by atoms with Gasteiger partial charge < -0.3 is 0 Å². The molecular formula is C19H19FN4OS. The monoisotopic (exact) mass is 370 g/mol. The van der Waals surface area contributed by atoms with E-state index < -0.39 is 5.25 Å². The first-order valence-electron chi connectivity index (χ1n) is 8.31. The maximum absolute atomic E-state index is 13.0. The van der Waals surface area contributed by atoms with Gasteiger partial charge in [-0.15, -0.1) is 5.10 Å². The number of rotatable bonds is 6. The number of aromatic nitrogens is 4. The Labute approximate surface area is 155 Å². The molecule has 1 aromatic heterocycles. The number of Topliss-reactive ketones (excluding diaryl/α,β-unsaturated/α-hetero) is 1. The summed E-state index contributed by atoms with van der Waals surface area (Å²) in [6.45, 7) is 6.06. The zero-order chi connectivity index (χ0) is 18.7. The molecule has 0 N–H and O–H groups in total. The molecule has 0 aliphatic rings. The maximum Gasteiger partial charge on any atom is 0.214 e. The van der Waals surface area contributed by atoms with Gasteiger partial charge in [0.2, 0.25) is 5.16 Å². The highest BCUT2D eigenvalue weighted by molar-refractivity contribution is 8.00. The Bertz CT molecular complexity index is 891. The van der Waals surface area contributed by atoms with Crippen molar-refractivity contribution in [3.63, 3.8) is 0 Å². The fourth-order valence-electron chi connectivity index (χ4n) is 2.48. The molecule has 0 spiro atoms. The van der Waals surface area contributed by atoms with Gasteiger partial charge in [-0.3, -0.25) is 4.79 Å². The predicted molar refractivity (Wildman–Crippen MR) is 99.3 cm³/mol. The van der Waals surface area contributed by atoms with Gasteiger partial charge in [0.25, 0.3) is 0 Å². The normalized spacial score (nSPS) is 12.3. The van der Waals surface area contributed by atoms with Gasteiger partial charge in [0, 0.05) is 5.56 Å². The minimum atomic E-state index is -0.403. The fourth-order valence-corrected chi connectivity index (χ4v) is 3.36. The Morgan fingerprint density at radius 3 is 2.31 bits per heavy atom. The van der Waals surface area contributed by atoms with Crippen LogP contribution in [-0.4, -0.2) is 31.2 Å². The molecule has 1 atom stereocenters. The van der Waals surface area contributed by atoms with E-state index in [1.54, 1.807) is 11.6 Å². The molecule has 0 amide bonds. The first kappa shape index (κ1) is 18.3. The molecule has 0 saturated carbocycles. The molecule has 0 saturated heterocycles. The van der Waals surface area contributed by atoms with Gasteiger partial charge in [0.1, 0.15) is 5.82 Å². The van der Waals surface area contributed by atoms with Gasteiger partial charge in [-0.25, -0.2) is 4.39 Å². The van der Waals surface area contributed by atoms with Crippen LogP contribution in [0.25, 0.3) is 5.69 Å². The van der Waals surface area contributed by atoms with E-state index in [2.05, 4.69) is 29.4 Å². The van der Waals surface area contributed by atoms with Crippen molar-refractivity contribution in [2.24, 2.45) is 0 Å². The second-order valence-corrected chi connectivity index (χ2v) is 7.56. The number of hydrogen-bond acceptors (Lipinski definition) is 5. The minimum Gasteiger partial charge on any atom is -0.293 e. The Morgan fingerprint density at radius 2 is 1.69 bits per heavy atom. The summed E-state index contributed by atoms with van der Waals surface area (Å²) in [4.78, 5) is 12.5. The first-order chi connectivity index (χ1) is 12.5. The Morgan fingerprint density at radius 1 is 1.04 bits per heavy atom. The van der Waals surface area contributed by atoms with E-state index in [0.717, 1.165) is 5.69 Å². The molecule has 0 bridgehead atoms. The van der Waals surface area contributed by atoms with Crippen LogP contribution in [0.2, 0.25) is 0 Å². The zero-order valence-electron chi connectivity index (χ0n) is 14.8. The molecule has 0 radical (unpaired) electrons. The molecule has 0 fully saturated rings. The lowest BCUT2D eigenvalue weighted by molar-refractivity contribution is 0.0994. The second-order valence-electron chi connectivity index (χ2n) is 6.25. The van der Waals surface area contributed by atoms with Crippen molar-refractivity contribution >= 4 is 17.5 Å². The van der Waals surface area contributed by atoms with Crippen LogP contribution in [0.1, 0.15) is 42.6 Å². The molecule has 2 aromatic carbocycles. The van der Waals surface area contributed by atoms with Crippen molar-refractivity contribution < 1.29 is 9.18 Å². The van der Waals surface area contributed by atoms with E-state index in [1.165, 1.54) is 41.6 Å². The fraction of sp³-hybridized carbons (Fsp3) is 0.263. The number of hydrogen-bond donors (Lipinski definition) is 0. The van der Waals surface area contributed by atoms with E-state index in [4.69, 9.17) is 0 Å². The summed E-state index contributed by atoms with van der Waals surface area (Å²) in [7, 11) is 0. The lowest BCUT2D eigenvalue weighted by Crippen LogP contribution is -2.14. The highest BCUT2D eigenvalue weighted by Crippen LogP contribution is 2.26. The van der Waals surface area contributed by atoms with Crippen LogP contribution in [0.3, 0.4) is 0 Å². The van der Waals surface area contributed by atoms with E-state index in [-0.39, 0.29) is 11.6 Å². The zero-order valence-corrected chi connectivity index (χ0v) is 15.6. The van der Waals surface area contributed by atoms with Crippen molar-refractivity contribution in [2.75, 3.05) is 0 Å². The van der Waals surface area contributed by atoms with Crippen LogP contribution in [-0.2, 0) is 0 Å². The van der Waals surface area contributed by atoms with E-state index in [1.807, 2.05) is 24.3 Å². The second kappa shape index (κ2) is 7.78. The van der Waals surface area contributed by atoms with E-state index in [0.29, 0.717) is 16.6 Å². The smallest absolute Gasteiger partial charge is 0.214 e. The highest BCUT2D eigenvalue weighted by atomic mass is 32.2. The molecule has 0 unspecified atom stereocenters. The topological polar surface area (TPSA) is 60.7 Å². The molecule has 7 heteroatoms. The van der Waals surface area contributed by atoms with Gasteiger partial charge in [-0.2, -0.15) is 4.68 Å². The average molecular weight is 370 g/mol. The minimum absolute atomic E-state index is 0.0975. The highest BCUT2D eigenvalue weighted by Gasteiger charge is 2.20. The summed E-state index contributed by atoms with van der Waals surface area (Å²) >= 11 is 1.27. The summed E-state index contributed by atoms with van der Waals surface area (Å²) in [5, 5.41) is 11.9. The van der Waals surface area contributed by atoms with Crippen LogP contribution < -0.4 is 0 Å². The summed E-state index contributed by atoms with van der Waals surface area (Å²) in [5.41, 5.74) is 2.53.